The summed E-state index contributed by atoms with van der Waals surface area (Å²) in [7, 11) is -5.21. The summed E-state index contributed by atoms with van der Waals surface area (Å²) in [6.07, 6.45) is 0.995. The fourth-order valence-corrected chi connectivity index (χ4v) is 2.17. The largest absolute Gasteiger partial charge is 0.488 e. The molecule has 0 radical (unpaired) electrons. The molecule has 0 bridgehead atoms. The fourth-order valence-electron chi connectivity index (χ4n) is 1.21. The highest BCUT2D eigenvalue weighted by Gasteiger charge is 2.18. The molecule has 0 aliphatic rings. The standard InChI is InChI=1S/C8H11BO5S/c1-15(13,14)8-4-7(9(11)12)3-2-6(8)5-10/h2-4,10-12H,5H2,1H3. The Morgan fingerprint density at radius 1 is 1.33 bits per heavy atom. The molecule has 1 aromatic rings. The van der Waals surface area contributed by atoms with E-state index in [1.807, 2.05) is 0 Å². The normalized spacial score (nSPS) is 11.5. The maximum Gasteiger partial charge on any atom is 0.488 e. The molecule has 0 unspecified atom stereocenters. The number of hydrogen-bond acceptors (Lipinski definition) is 5. The van der Waals surface area contributed by atoms with Crippen LogP contribution in [0.3, 0.4) is 0 Å². The number of aliphatic hydroxyl groups is 1. The number of rotatable bonds is 3. The third-order valence-electron chi connectivity index (χ3n) is 1.96. The molecule has 0 aliphatic carbocycles. The first kappa shape index (κ1) is 12.2. The van der Waals surface area contributed by atoms with Gasteiger partial charge in [0.05, 0.1) is 11.5 Å². The van der Waals surface area contributed by atoms with Gasteiger partial charge in [0, 0.05) is 6.26 Å². The molecule has 0 spiro atoms. The second-order valence-corrected chi connectivity index (χ2v) is 5.16. The van der Waals surface area contributed by atoms with Gasteiger partial charge in [-0.15, -0.1) is 0 Å². The van der Waals surface area contributed by atoms with Gasteiger partial charge in [-0.2, -0.15) is 0 Å². The van der Waals surface area contributed by atoms with Crippen LogP contribution in [0.1, 0.15) is 5.56 Å². The first-order valence-corrected chi connectivity index (χ1v) is 6.05. The van der Waals surface area contributed by atoms with Crippen LogP contribution in [0.4, 0.5) is 0 Å². The molecule has 0 fully saturated rings. The van der Waals surface area contributed by atoms with Gasteiger partial charge >= 0.3 is 7.12 Å². The summed E-state index contributed by atoms with van der Waals surface area (Å²) in [5, 5.41) is 26.7. The van der Waals surface area contributed by atoms with Crippen molar-refractivity contribution in [3.8, 4) is 0 Å². The molecule has 1 aromatic carbocycles. The van der Waals surface area contributed by atoms with Crippen molar-refractivity contribution in [1.82, 2.24) is 0 Å². The second kappa shape index (κ2) is 4.32. The Balaban J connectivity index is 3.39. The maximum absolute atomic E-state index is 11.3. The Kier molecular flexibility index (Phi) is 3.51. The smallest absolute Gasteiger partial charge is 0.423 e. The second-order valence-electron chi connectivity index (χ2n) is 3.17. The molecule has 0 saturated heterocycles. The van der Waals surface area contributed by atoms with Crippen LogP contribution in [0, 0.1) is 0 Å². The van der Waals surface area contributed by atoms with Crippen molar-refractivity contribution < 1.29 is 23.6 Å². The Morgan fingerprint density at radius 2 is 1.93 bits per heavy atom. The minimum Gasteiger partial charge on any atom is -0.423 e. The van der Waals surface area contributed by atoms with E-state index >= 15 is 0 Å². The average Bonchev–Trinajstić information content (AvgIpc) is 2.15. The van der Waals surface area contributed by atoms with Crippen LogP contribution in [-0.2, 0) is 16.4 Å². The molecule has 1 rings (SSSR count). The average molecular weight is 230 g/mol. The van der Waals surface area contributed by atoms with Crippen molar-refractivity contribution in [2.75, 3.05) is 6.26 Å². The van der Waals surface area contributed by atoms with Crippen molar-refractivity contribution in [3.05, 3.63) is 23.8 Å². The number of sulfone groups is 1. The van der Waals surface area contributed by atoms with E-state index in [1.165, 1.54) is 12.1 Å². The summed E-state index contributed by atoms with van der Waals surface area (Å²) in [4.78, 5) is -0.0874. The molecular weight excluding hydrogens is 219 g/mol. The molecule has 0 aromatic heterocycles. The maximum atomic E-state index is 11.3. The molecule has 15 heavy (non-hydrogen) atoms. The van der Waals surface area contributed by atoms with Crippen molar-refractivity contribution >= 4 is 22.4 Å². The zero-order valence-electron chi connectivity index (χ0n) is 8.08. The van der Waals surface area contributed by atoms with Gasteiger partial charge in [0.25, 0.3) is 0 Å². The van der Waals surface area contributed by atoms with Gasteiger partial charge in [-0.1, -0.05) is 12.1 Å². The van der Waals surface area contributed by atoms with Crippen molar-refractivity contribution in [2.24, 2.45) is 0 Å². The number of aliphatic hydroxyl groups excluding tert-OH is 1. The lowest BCUT2D eigenvalue weighted by atomic mass is 9.80. The fraction of sp³-hybridized carbons (Fsp3) is 0.250. The van der Waals surface area contributed by atoms with E-state index in [-0.39, 0.29) is 15.9 Å². The summed E-state index contributed by atoms with van der Waals surface area (Å²) in [6.45, 7) is -0.412. The highest BCUT2D eigenvalue weighted by atomic mass is 32.2. The molecule has 0 aliphatic heterocycles. The van der Waals surface area contributed by atoms with Gasteiger partial charge in [0.15, 0.2) is 9.84 Å². The van der Waals surface area contributed by atoms with E-state index in [2.05, 4.69) is 0 Å². The Morgan fingerprint density at radius 3 is 2.33 bits per heavy atom. The molecule has 0 amide bonds. The van der Waals surface area contributed by atoms with E-state index in [0.29, 0.717) is 0 Å². The summed E-state index contributed by atoms with van der Waals surface area (Å²) < 4.78 is 22.6. The third-order valence-corrected chi connectivity index (χ3v) is 3.14. The first-order chi connectivity index (χ1) is 6.86. The highest BCUT2D eigenvalue weighted by molar-refractivity contribution is 7.90. The van der Waals surface area contributed by atoms with E-state index in [4.69, 9.17) is 15.2 Å². The Hall–Kier alpha value is -0.885. The van der Waals surface area contributed by atoms with Crippen LogP contribution in [0.2, 0.25) is 0 Å². The molecule has 0 heterocycles. The molecule has 7 heteroatoms. The minimum atomic E-state index is -3.48. The topological polar surface area (TPSA) is 94.8 Å². The molecular formula is C8H11BO5S. The lowest BCUT2D eigenvalue weighted by Crippen LogP contribution is -2.30. The van der Waals surface area contributed by atoms with Crippen LogP contribution in [0.15, 0.2) is 23.1 Å². The van der Waals surface area contributed by atoms with Gasteiger partial charge in [0.2, 0.25) is 0 Å². The van der Waals surface area contributed by atoms with Gasteiger partial charge in [-0.25, -0.2) is 8.42 Å². The summed E-state index contributed by atoms with van der Waals surface area (Å²) >= 11 is 0. The van der Waals surface area contributed by atoms with E-state index in [0.717, 1.165) is 12.3 Å². The molecule has 0 saturated carbocycles. The van der Waals surface area contributed by atoms with Gasteiger partial charge in [0.1, 0.15) is 0 Å². The van der Waals surface area contributed by atoms with Gasteiger partial charge in [-0.3, -0.25) is 0 Å². The predicted octanol–water partition coefficient (Wildman–Crippen LogP) is -1.74. The SMILES string of the molecule is CS(=O)(=O)c1cc(B(O)O)ccc1CO. The van der Waals surface area contributed by atoms with Crippen LogP contribution in [0.25, 0.3) is 0 Å². The van der Waals surface area contributed by atoms with E-state index in [9.17, 15) is 8.42 Å². The molecule has 82 valence electrons. The van der Waals surface area contributed by atoms with Crippen LogP contribution >= 0.6 is 0 Å². The zero-order chi connectivity index (χ0) is 11.6. The minimum absolute atomic E-state index is 0.0765. The Bertz CT molecular complexity index is 454. The van der Waals surface area contributed by atoms with Gasteiger partial charge in [-0.05, 0) is 17.1 Å². The van der Waals surface area contributed by atoms with Crippen molar-refractivity contribution in [2.45, 2.75) is 11.5 Å². The lowest BCUT2D eigenvalue weighted by molar-refractivity contribution is 0.278. The number of hydrogen-bond donors (Lipinski definition) is 3. The summed E-state index contributed by atoms with van der Waals surface area (Å²) in [5.41, 5.74) is 0.314. The number of benzene rings is 1. The lowest BCUT2D eigenvalue weighted by Gasteiger charge is -2.07. The quantitative estimate of drug-likeness (QED) is 0.536. The molecule has 3 N–H and O–H groups in total. The first-order valence-electron chi connectivity index (χ1n) is 4.16. The van der Waals surface area contributed by atoms with E-state index < -0.39 is 23.6 Å². The third kappa shape index (κ3) is 2.79. The van der Waals surface area contributed by atoms with Crippen molar-refractivity contribution in [1.29, 1.82) is 0 Å². The van der Waals surface area contributed by atoms with E-state index in [1.54, 1.807) is 0 Å². The Labute approximate surface area is 88.1 Å². The van der Waals surface area contributed by atoms with Crippen LogP contribution in [-0.4, -0.2) is 36.9 Å². The molecule has 5 nitrogen and oxygen atoms in total. The monoisotopic (exact) mass is 230 g/mol. The predicted molar refractivity (Wildman–Crippen MR) is 55.3 cm³/mol. The molecule has 0 atom stereocenters. The summed E-state index contributed by atoms with van der Waals surface area (Å²) in [5.74, 6) is 0. The van der Waals surface area contributed by atoms with Crippen LogP contribution < -0.4 is 5.46 Å². The van der Waals surface area contributed by atoms with Crippen molar-refractivity contribution in [3.63, 3.8) is 0 Å². The summed E-state index contributed by atoms with van der Waals surface area (Å²) in [6, 6.07) is 3.85. The van der Waals surface area contributed by atoms with Gasteiger partial charge < -0.3 is 15.2 Å². The van der Waals surface area contributed by atoms with Crippen LogP contribution in [0.5, 0.6) is 0 Å². The zero-order valence-corrected chi connectivity index (χ0v) is 8.90. The highest BCUT2D eigenvalue weighted by Crippen LogP contribution is 2.14.